The molecule has 0 radical (unpaired) electrons. The van der Waals surface area contributed by atoms with Gasteiger partial charge in [0.1, 0.15) is 5.84 Å². The predicted molar refractivity (Wildman–Crippen MR) is 54.9 cm³/mol. The van der Waals surface area contributed by atoms with Crippen LogP contribution in [0.1, 0.15) is 27.2 Å². The molecule has 78 valence electrons. The van der Waals surface area contributed by atoms with Crippen LogP contribution in [0.5, 0.6) is 0 Å². The highest BCUT2D eigenvalue weighted by molar-refractivity contribution is 5.82. The molecule has 0 rings (SSSR count). The van der Waals surface area contributed by atoms with Crippen LogP contribution < -0.4 is 11.1 Å². The van der Waals surface area contributed by atoms with E-state index < -0.39 is 0 Å². The SMILES string of the molecule is CC(C)CCNCC(C)C(N)=NO. The second-order valence-corrected chi connectivity index (χ2v) is 3.81. The van der Waals surface area contributed by atoms with Crippen LogP contribution in [-0.4, -0.2) is 24.1 Å². The first-order valence-corrected chi connectivity index (χ1v) is 4.76. The van der Waals surface area contributed by atoms with E-state index in [1.165, 1.54) is 0 Å². The van der Waals surface area contributed by atoms with E-state index in [1.807, 2.05) is 6.92 Å². The van der Waals surface area contributed by atoms with E-state index in [2.05, 4.69) is 24.3 Å². The predicted octanol–water partition coefficient (Wildman–Crippen LogP) is 1.00. The van der Waals surface area contributed by atoms with Gasteiger partial charge in [-0.05, 0) is 18.9 Å². The van der Waals surface area contributed by atoms with Gasteiger partial charge in [-0.3, -0.25) is 0 Å². The van der Waals surface area contributed by atoms with E-state index in [9.17, 15) is 0 Å². The van der Waals surface area contributed by atoms with Crippen molar-refractivity contribution in [1.82, 2.24) is 5.32 Å². The highest BCUT2D eigenvalue weighted by Crippen LogP contribution is 1.97. The first-order valence-electron chi connectivity index (χ1n) is 4.76. The van der Waals surface area contributed by atoms with Gasteiger partial charge in [0.2, 0.25) is 0 Å². The Hall–Kier alpha value is -0.770. The minimum Gasteiger partial charge on any atom is -0.409 e. The van der Waals surface area contributed by atoms with Crippen LogP contribution in [0.25, 0.3) is 0 Å². The van der Waals surface area contributed by atoms with Crippen LogP contribution in [0, 0.1) is 11.8 Å². The van der Waals surface area contributed by atoms with Gasteiger partial charge in [0.15, 0.2) is 0 Å². The zero-order valence-corrected chi connectivity index (χ0v) is 8.75. The summed E-state index contributed by atoms with van der Waals surface area (Å²) >= 11 is 0. The minimum atomic E-state index is 0.0946. The normalized spacial score (nSPS) is 14.9. The van der Waals surface area contributed by atoms with Crippen molar-refractivity contribution in [1.29, 1.82) is 0 Å². The van der Waals surface area contributed by atoms with Crippen LogP contribution in [0.2, 0.25) is 0 Å². The van der Waals surface area contributed by atoms with E-state index in [0.29, 0.717) is 5.92 Å². The van der Waals surface area contributed by atoms with Gasteiger partial charge in [0.05, 0.1) is 0 Å². The summed E-state index contributed by atoms with van der Waals surface area (Å²) in [5, 5.41) is 14.6. The maximum atomic E-state index is 8.39. The molecule has 0 aliphatic heterocycles. The van der Waals surface area contributed by atoms with Crippen LogP contribution in [0.15, 0.2) is 5.16 Å². The summed E-state index contributed by atoms with van der Waals surface area (Å²) in [5.74, 6) is 1.10. The van der Waals surface area contributed by atoms with E-state index >= 15 is 0 Å². The number of oxime groups is 1. The Balaban J connectivity index is 3.43. The third-order valence-corrected chi connectivity index (χ3v) is 1.97. The molecule has 0 saturated carbocycles. The molecule has 0 aliphatic rings. The molecule has 0 aromatic rings. The quantitative estimate of drug-likeness (QED) is 0.191. The van der Waals surface area contributed by atoms with E-state index in [4.69, 9.17) is 10.9 Å². The van der Waals surface area contributed by atoms with Crippen molar-refractivity contribution in [2.45, 2.75) is 27.2 Å². The molecule has 0 aromatic carbocycles. The van der Waals surface area contributed by atoms with Gasteiger partial charge in [-0.15, -0.1) is 0 Å². The average molecular weight is 187 g/mol. The van der Waals surface area contributed by atoms with Gasteiger partial charge in [-0.2, -0.15) is 0 Å². The van der Waals surface area contributed by atoms with Crippen molar-refractivity contribution in [3.63, 3.8) is 0 Å². The van der Waals surface area contributed by atoms with Crippen molar-refractivity contribution in [2.24, 2.45) is 22.7 Å². The lowest BCUT2D eigenvalue weighted by molar-refractivity contribution is 0.314. The Labute approximate surface area is 80.2 Å². The maximum Gasteiger partial charge on any atom is 0.143 e. The lowest BCUT2D eigenvalue weighted by atomic mass is 10.1. The monoisotopic (exact) mass is 187 g/mol. The number of hydrogen-bond acceptors (Lipinski definition) is 3. The summed E-state index contributed by atoms with van der Waals surface area (Å²) in [6.07, 6.45) is 1.16. The highest BCUT2D eigenvalue weighted by Gasteiger charge is 2.06. The Kier molecular flexibility index (Phi) is 6.32. The number of amidine groups is 1. The Morgan fingerprint density at radius 3 is 2.54 bits per heavy atom. The summed E-state index contributed by atoms with van der Waals surface area (Å²) < 4.78 is 0. The molecule has 0 spiro atoms. The fraction of sp³-hybridized carbons (Fsp3) is 0.889. The fourth-order valence-electron chi connectivity index (χ4n) is 0.912. The molecule has 0 saturated heterocycles. The fourth-order valence-corrected chi connectivity index (χ4v) is 0.912. The molecule has 4 nitrogen and oxygen atoms in total. The molecule has 0 amide bonds. The molecule has 0 heterocycles. The van der Waals surface area contributed by atoms with E-state index in [-0.39, 0.29) is 11.8 Å². The van der Waals surface area contributed by atoms with Crippen LogP contribution in [0.4, 0.5) is 0 Å². The van der Waals surface area contributed by atoms with Gasteiger partial charge in [0, 0.05) is 12.5 Å². The smallest absolute Gasteiger partial charge is 0.143 e. The molecular formula is C9H21N3O. The van der Waals surface area contributed by atoms with Crippen molar-refractivity contribution in [3.05, 3.63) is 0 Å². The van der Waals surface area contributed by atoms with Crippen molar-refractivity contribution in [3.8, 4) is 0 Å². The Morgan fingerprint density at radius 1 is 1.46 bits per heavy atom. The van der Waals surface area contributed by atoms with Crippen LogP contribution in [-0.2, 0) is 0 Å². The molecule has 1 unspecified atom stereocenters. The number of rotatable bonds is 6. The summed E-state index contributed by atoms with van der Waals surface area (Å²) in [6.45, 7) is 8.06. The Morgan fingerprint density at radius 2 is 2.08 bits per heavy atom. The average Bonchev–Trinajstić information content (AvgIpc) is 2.10. The molecule has 0 aliphatic carbocycles. The minimum absolute atomic E-state index is 0.0946. The van der Waals surface area contributed by atoms with Crippen molar-refractivity contribution >= 4 is 5.84 Å². The Bertz CT molecular complexity index is 157. The lowest BCUT2D eigenvalue weighted by Gasteiger charge is -2.11. The molecule has 4 N–H and O–H groups in total. The summed E-state index contributed by atoms with van der Waals surface area (Å²) in [4.78, 5) is 0. The number of nitrogens with two attached hydrogens (primary N) is 1. The molecule has 0 bridgehead atoms. The zero-order chi connectivity index (χ0) is 10.3. The topological polar surface area (TPSA) is 70.6 Å². The molecule has 0 aromatic heterocycles. The number of nitrogens with one attached hydrogen (secondary N) is 1. The summed E-state index contributed by atoms with van der Waals surface area (Å²) in [5.41, 5.74) is 5.42. The third-order valence-electron chi connectivity index (χ3n) is 1.97. The summed E-state index contributed by atoms with van der Waals surface area (Å²) in [6, 6.07) is 0. The first-order chi connectivity index (χ1) is 6.07. The number of nitrogens with zero attached hydrogens (tertiary/aromatic N) is 1. The van der Waals surface area contributed by atoms with Gasteiger partial charge in [-0.1, -0.05) is 25.9 Å². The van der Waals surface area contributed by atoms with E-state index in [1.54, 1.807) is 0 Å². The highest BCUT2D eigenvalue weighted by atomic mass is 16.4. The molecule has 13 heavy (non-hydrogen) atoms. The maximum absolute atomic E-state index is 8.39. The standard InChI is InChI=1S/C9H21N3O/c1-7(2)4-5-11-6-8(3)9(10)12-13/h7-8,11,13H,4-6H2,1-3H3,(H2,10,12). The van der Waals surface area contributed by atoms with Crippen LogP contribution in [0.3, 0.4) is 0 Å². The van der Waals surface area contributed by atoms with Gasteiger partial charge in [0.25, 0.3) is 0 Å². The lowest BCUT2D eigenvalue weighted by Crippen LogP contribution is -2.32. The van der Waals surface area contributed by atoms with Gasteiger partial charge in [-0.25, -0.2) is 0 Å². The third kappa shape index (κ3) is 6.40. The second kappa shape index (κ2) is 6.71. The van der Waals surface area contributed by atoms with Crippen LogP contribution >= 0.6 is 0 Å². The first kappa shape index (κ1) is 12.2. The summed E-state index contributed by atoms with van der Waals surface area (Å²) in [7, 11) is 0. The van der Waals surface area contributed by atoms with Crippen molar-refractivity contribution < 1.29 is 5.21 Å². The van der Waals surface area contributed by atoms with E-state index in [0.717, 1.165) is 19.5 Å². The molecule has 1 atom stereocenters. The number of hydrogen-bond donors (Lipinski definition) is 3. The van der Waals surface area contributed by atoms with Crippen molar-refractivity contribution in [2.75, 3.05) is 13.1 Å². The largest absolute Gasteiger partial charge is 0.409 e. The molecule has 0 fully saturated rings. The van der Waals surface area contributed by atoms with Gasteiger partial charge >= 0.3 is 0 Å². The zero-order valence-electron chi connectivity index (χ0n) is 8.75. The molecule has 4 heteroatoms. The molecular weight excluding hydrogens is 166 g/mol. The van der Waals surface area contributed by atoms with Gasteiger partial charge < -0.3 is 16.3 Å². The second-order valence-electron chi connectivity index (χ2n) is 3.81.